The minimum Gasteiger partial charge on any atom is -0.457 e. The molecule has 8 heteroatoms. The summed E-state index contributed by atoms with van der Waals surface area (Å²) < 4.78 is 49.3. The SMILES string of the molecule is Cc1cccc([C@H](C)[C@H](/C=C/[C@@H]2[C@@H]3[C@H](C[C@H]2O[Si](C)(C)C(C)(C)C)OC(=O)C3(F)F)O[Si](C)(C)C(C)(C)C)c1. The lowest BCUT2D eigenvalue weighted by Crippen LogP contribution is -2.46. The lowest BCUT2D eigenvalue weighted by Gasteiger charge is -2.41. The Morgan fingerprint density at radius 2 is 1.64 bits per heavy atom. The van der Waals surface area contributed by atoms with Crippen molar-refractivity contribution >= 4 is 22.6 Å². The predicted molar refractivity (Wildman–Crippen MR) is 159 cm³/mol. The third-order valence-electron chi connectivity index (χ3n) is 9.73. The van der Waals surface area contributed by atoms with Crippen molar-refractivity contribution in [2.75, 3.05) is 0 Å². The molecule has 3 rings (SSSR count). The first-order valence-corrected chi connectivity index (χ1v) is 20.1. The molecule has 2 aliphatic rings. The van der Waals surface area contributed by atoms with E-state index in [-0.39, 0.29) is 28.5 Å². The molecule has 0 spiro atoms. The molecule has 1 aromatic rings. The number of halogens is 2. The minimum atomic E-state index is -3.54. The lowest BCUT2D eigenvalue weighted by molar-refractivity contribution is -0.163. The van der Waals surface area contributed by atoms with Crippen molar-refractivity contribution in [2.45, 2.75) is 128 Å². The number of esters is 1. The molecule has 1 aliphatic heterocycles. The van der Waals surface area contributed by atoms with Gasteiger partial charge in [0.1, 0.15) is 6.10 Å². The number of rotatable bonds is 8. The molecule has 0 bridgehead atoms. The molecule has 4 nitrogen and oxygen atoms in total. The summed E-state index contributed by atoms with van der Waals surface area (Å²) in [5, 5.41) is -0.0948. The maximum atomic E-state index is 15.2. The summed E-state index contributed by atoms with van der Waals surface area (Å²) in [4.78, 5) is 12.1. The molecule has 220 valence electrons. The maximum absolute atomic E-state index is 15.2. The van der Waals surface area contributed by atoms with Gasteiger partial charge in [0.2, 0.25) is 0 Å². The summed E-state index contributed by atoms with van der Waals surface area (Å²) in [6.07, 6.45) is 2.52. The Hall–Kier alpha value is -1.36. The highest BCUT2D eigenvalue weighted by Crippen LogP contribution is 2.53. The second-order valence-corrected chi connectivity index (χ2v) is 24.3. The van der Waals surface area contributed by atoms with Gasteiger partial charge in [0.25, 0.3) is 0 Å². The van der Waals surface area contributed by atoms with Gasteiger partial charge in [0.15, 0.2) is 16.6 Å². The van der Waals surface area contributed by atoms with Gasteiger partial charge < -0.3 is 13.6 Å². The summed E-state index contributed by atoms with van der Waals surface area (Å²) in [6.45, 7) is 25.9. The molecule has 0 radical (unpaired) electrons. The first kappa shape index (κ1) is 32.2. The Bertz CT molecular complexity index is 1070. The van der Waals surface area contributed by atoms with E-state index < -0.39 is 52.6 Å². The van der Waals surface area contributed by atoms with Crippen molar-refractivity contribution in [1.29, 1.82) is 0 Å². The fraction of sp³-hybridized carbons (Fsp3) is 0.710. The van der Waals surface area contributed by atoms with Crippen LogP contribution in [0.5, 0.6) is 0 Å². The Balaban J connectivity index is 2.03. The third-order valence-corrected chi connectivity index (χ3v) is 18.7. The zero-order valence-electron chi connectivity index (χ0n) is 26.0. The van der Waals surface area contributed by atoms with Crippen molar-refractivity contribution in [2.24, 2.45) is 11.8 Å². The van der Waals surface area contributed by atoms with Gasteiger partial charge in [-0.25, -0.2) is 4.79 Å². The molecule has 1 saturated carbocycles. The van der Waals surface area contributed by atoms with E-state index >= 15 is 8.78 Å². The van der Waals surface area contributed by atoms with Crippen molar-refractivity contribution in [1.82, 2.24) is 0 Å². The summed E-state index contributed by atoms with van der Waals surface area (Å²) in [5.41, 5.74) is 2.31. The number of carbonyl (C=O) groups excluding carboxylic acids is 1. The molecule has 2 fully saturated rings. The van der Waals surface area contributed by atoms with Crippen molar-refractivity contribution in [3.8, 4) is 0 Å². The van der Waals surface area contributed by atoms with Crippen molar-refractivity contribution in [3.63, 3.8) is 0 Å². The topological polar surface area (TPSA) is 44.8 Å². The van der Waals surface area contributed by atoms with Crippen LogP contribution < -0.4 is 0 Å². The molecule has 39 heavy (non-hydrogen) atoms. The number of benzene rings is 1. The molecule has 1 aliphatic carbocycles. The molecule has 6 atom stereocenters. The number of hydrogen-bond donors (Lipinski definition) is 0. The molecular weight excluding hydrogens is 531 g/mol. The Labute approximate surface area is 237 Å². The number of hydrogen-bond acceptors (Lipinski definition) is 4. The first-order valence-electron chi connectivity index (χ1n) is 14.3. The highest BCUT2D eigenvalue weighted by Gasteiger charge is 2.67. The molecular formula is C31H50F2O4Si2. The van der Waals surface area contributed by atoms with E-state index in [4.69, 9.17) is 13.6 Å². The van der Waals surface area contributed by atoms with Crippen LogP contribution in [0.2, 0.25) is 36.3 Å². The third kappa shape index (κ3) is 6.60. The highest BCUT2D eigenvalue weighted by atomic mass is 28.4. The van der Waals surface area contributed by atoms with Crippen molar-refractivity contribution < 1.29 is 27.2 Å². The quantitative estimate of drug-likeness (QED) is 0.175. The van der Waals surface area contributed by atoms with Crippen LogP contribution in [-0.2, 0) is 18.4 Å². The van der Waals surface area contributed by atoms with E-state index in [1.165, 1.54) is 0 Å². The Morgan fingerprint density at radius 3 is 2.18 bits per heavy atom. The second kappa shape index (κ2) is 10.8. The van der Waals surface area contributed by atoms with E-state index in [2.05, 4.69) is 99.8 Å². The molecule has 0 N–H and O–H groups in total. The van der Waals surface area contributed by atoms with Gasteiger partial charge in [-0.1, -0.05) is 90.4 Å². The zero-order chi connectivity index (χ0) is 29.8. The molecule has 1 heterocycles. The molecule has 1 aromatic carbocycles. The lowest BCUT2D eigenvalue weighted by atomic mass is 9.87. The van der Waals surface area contributed by atoms with Crippen LogP contribution in [0.15, 0.2) is 36.4 Å². The second-order valence-electron chi connectivity index (χ2n) is 14.8. The normalized spacial score (nSPS) is 27.5. The van der Waals surface area contributed by atoms with Crippen LogP contribution in [0.4, 0.5) is 8.78 Å². The van der Waals surface area contributed by atoms with E-state index in [0.717, 1.165) is 11.1 Å². The summed E-state index contributed by atoms with van der Waals surface area (Å²) in [7, 11) is -4.47. The fourth-order valence-electron chi connectivity index (χ4n) is 5.09. The van der Waals surface area contributed by atoms with Crippen LogP contribution in [0.25, 0.3) is 0 Å². The summed E-state index contributed by atoms with van der Waals surface area (Å²) >= 11 is 0. The molecule has 0 unspecified atom stereocenters. The van der Waals surface area contributed by atoms with E-state index in [9.17, 15) is 4.79 Å². The summed E-state index contributed by atoms with van der Waals surface area (Å²) in [6, 6.07) is 8.37. The largest absolute Gasteiger partial charge is 0.457 e. The van der Waals surface area contributed by atoms with Gasteiger partial charge >= 0.3 is 11.9 Å². The van der Waals surface area contributed by atoms with Gasteiger partial charge in [-0.05, 0) is 48.8 Å². The number of ether oxygens (including phenoxy) is 1. The predicted octanol–water partition coefficient (Wildman–Crippen LogP) is 8.63. The van der Waals surface area contributed by atoms with Crippen LogP contribution >= 0.6 is 0 Å². The Kier molecular flexibility index (Phi) is 8.91. The van der Waals surface area contributed by atoms with Crippen molar-refractivity contribution in [3.05, 3.63) is 47.5 Å². The monoisotopic (exact) mass is 580 g/mol. The van der Waals surface area contributed by atoms with E-state index in [0.29, 0.717) is 0 Å². The first-order chi connectivity index (χ1) is 17.6. The number of aryl methyl sites for hydroxylation is 1. The Morgan fingerprint density at radius 1 is 1.05 bits per heavy atom. The fourth-order valence-corrected chi connectivity index (χ4v) is 7.77. The van der Waals surface area contributed by atoms with Crippen LogP contribution in [0.3, 0.4) is 0 Å². The van der Waals surface area contributed by atoms with Gasteiger partial charge in [0, 0.05) is 18.3 Å². The molecule has 0 aromatic heterocycles. The number of fused-ring (bicyclic) bond motifs is 1. The molecule has 0 amide bonds. The average molecular weight is 581 g/mol. The van der Waals surface area contributed by atoms with Gasteiger partial charge in [-0.3, -0.25) is 0 Å². The standard InChI is InChI=1S/C31H50F2O4Si2/c1-20-14-13-15-22(18-20)21(2)24(36-38(9,10)29(3,4)5)17-16-23-25(37-39(11,12)30(6,7)8)19-26-27(23)31(32,33)28(34)35-26/h13-18,21,23-27H,19H2,1-12H3/b17-16+/t21-,23-,24-,25+,26-,27+/m0/s1. The smallest absolute Gasteiger partial charge is 0.377 e. The van der Waals surface area contributed by atoms with Crippen LogP contribution in [-0.4, -0.2) is 46.8 Å². The van der Waals surface area contributed by atoms with E-state index in [1.54, 1.807) is 0 Å². The summed E-state index contributed by atoms with van der Waals surface area (Å²) in [5.74, 6) is -6.83. The van der Waals surface area contributed by atoms with Gasteiger partial charge in [-0.15, -0.1) is 0 Å². The van der Waals surface area contributed by atoms with Gasteiger partial charge in [0.05, 0.1) is 18.1 Å². The maximum Gasteiger partial charge on any atom is 0.377 e. The van der Waals surface area contributed by atoms with Crippen LogP contribution in [0, 0.1) is 18.8 Å². The van der Waals surface area contributed by atoms with E-state index in [1.807, 2.05) is 18.2 Å². The van der Waals surface area contributed by atoms with Gasteiger partial charge in [-0.2, -0.15) is 8.78 Å². The number of alkyl halides is 2. The van der Waals surface area contributed by atoms with Crippen LogP contribution in [0.1, 0.15) is 71.9 Å². The zero-order valence-corrected chi connectivity index (χ0v) is 28.0. The molecule has 1 saturated heterocycles. The minimum absolute atomic E-state index is 0.00852. The highest BCUT2D eigenvalue weighted by molar-refractivity contribution is 6.74. The average Bonchev–Trinajstić information content (AvgIpc) is 3.21. The number of carbonyl (C=O) groups is 1.